The second-order valence-corrected chi connectivity index (χ2v) is 7.83. The summed E-state index contributed by atoms with van der Waals surface area (Å²) in [5.74, 6) is 0. The van der Waals surface area contributed by atoms with Gasteiger partial charge in [-0.15, -0.1) is 0 Å². The van der Waals surface area contributed by atoms with Crippen molar-refractivity contribution in [2.45, 2.75) is 56.9 Å². The van der Waals surface area contributed by atoms with Crippen LogP contribution in [-0.4, -0.2) is 31.9 Å². The van der Waals surface area contributed by atoms with Crippen LogP contribution in [0.15, 0.2) is 23.1 Å². The van der Waals surface area contributed by atoms with Crippen molar-refractivity contribution in [1.82, 2.24) is 4.31 Å². The molecule has 0 heterocycles. The van der Waals surface area contributed by atoms with E-state index >= 15 is 0 Å². The zero-order chi connectivity index (χ0) is 15.5. The van der Waals surface area contributed by atoms with E-state index in [0.29, 0.717) is 18.0 Å². The number of benzene rings is 1. The van der Waals surface area contributed by atoms with E-state index < -0.39 is 10.0 Å². The smallest absolute Gasteiger partial charge is 0.243 e. The van der Waals surface area contributed by atoms with Crippen LogP contribution >= 0.6 is 0 Å². The van der Waals surface area contributed by atoms with Crippen LogP contribution in [0.2, 0.25) is 0 Å². The normalized spacial score (nSPS) is 17.3. The Hall–Kier alpha value is -0.910. The van der Waals surface area contributed by atoms with Gasteiger partial charge in [-0.2, -0.15) is 4.31 Å². The van der Waals surface area contributed by atoms with Crippen LogP contribution in [0.4, 0.5) is 0 Å². The summed E-state index contributed by atoms with van der Waals surface area (Å²) in [7, 11) is -3.45. The summed E-state index contributed by atoms with van der Waals surface area (Å²) >= 11 is 0. The van der Waals surface area contributed by atoms with Crippen LogP contribution in [0.25, 0.3) is 0 Å². The van der Waals surface area contributed by atoms with Crippen molar-refractivity contribution in [3.8, 4) is 0 Å². The molecule has 0 bridgehead atoms. The summed E-state index contributed by atoms with van der Waals surface area (Å²) in [6, 6.07) is 5.47. The molecule has 0 amide bonds. The van der Waals surface area contributed by atoms with Crippen LogP contribution in [0.3, 0.4) is 0 Å². The first-order chi connectivity index (χ1) is 9.96. The van der Waals surface area contributed by atoms with Gasteiger partial charge >= 0.3 is 0 Å². The second-order valence-electron chi connectivity index (χ2n) is 5.94. The highest BCUT2D eigenvalue weighted by Crippen LogP contribution is 2.28. The quantitative estimate of drug-likeness (QED) is 0.909. The maximum absolute atomic E-state index is 13.0. The highest BCUT2D eigenvalue weighted by Gasteiger charge is 2.31. The summed E-state index contributed by atoms with van der Waals surface area (Å²) in [5.41, 5.74) is 7.77. The highest BCUT2D eigenvalue weighted by molar-refractivity contribution is 7.89. The first kappa shape index (κ1) is 16.5. The van der Waals surface area contributed by atoms with Crippen LogP contribution in [0, 0.1) is 13.8 Å². The maximum atomic E-state index is 13.0. The zero-order valence-corrected chi connectivity index (χ0v) is 13.8. The Bertz CT molecular complexity index is 578. The van der Waals surface area contributed by atoms with Crippen LogP contribution in [0.1, 0.15) is 43.2 Å². The van der Waals surface area contributed by atoms with Crippen LogP contribution in [0.5, 0.6) is 0 Å². The molecule has 1 fully saturated rings. The third-order valence-corrected chi connectivity index (χ3v) is 6.36. The van der Waals surface area contributed by atoms with E-state index in [-0.39, 0.29) is 6.04 Å². The Labute approximate surface area is 128 Å². The number of hydrogen-bond acceptors (Lipinski definition) is 3. The predicted octanol–water partition coefficient (Wildman–Crippen LogP) is 2.59. The Balaban J connectivity index is 2.34. The molecule has 1 aromatic carbocycles. The van der Waals surface area contributed by atoms with E-state index in [4.69, 9.17) is 5.73 Å². The van der Waals surface area contributed by atoms with Gasteiger partial charge < -0.3 is 5.73 Å². The molecule has 5 heteroatoms. The Morgan fingerprint density at radius 2 is 1.81 bits per heavy atom. The van der Waals surface area contributed by atoms with Gasteiger partial charge in [-0.25, -0.2) is 8.42 Å². The summed E-state index contributed by atoms with van der Waals surface area (Å²) in [4.78, 5) is 0.393. The van der Waals surface area contributed by atoms with E-state index in [1.165, 1.54) is 6.42 Å². The molecule has 21 heavy (non-hydrogen) atoms. The van der Waals surface area contributed by atoms with Crippen molar-refractivity contribution in [2.24, 2.45) is 5.73 Å². The molecule has 1 aliphatic rings. The Morgan fingerprint density at radius 1 is 1.14 bits per heavy atom. The maximum Gasteiger partial charge on any atom is 0.243 e. The molecule has 0 aliphatic heterocycles. The number of sulfonamides is 1. The molecule has 0 aromatic heterocycles. The van der Waals surface area contributed by atoms with Gasteiger partial charge in [-0.3, -0.25) is 0 Å². The minimum atomic E-state index is -3.45. The number of hydrogen-bond donors (Lipinski definition) is 1. The average molecular weight is 310 g/mol. The molecule has 1 saturated carbocycles. The van der Waals surface area contributed by atoms with Crippen LogP contribution in [-0.2, 0) is 10.0 Å². The Kier molecular flexibility index (Phi) is 5.41. The van der Waals surface area contributed by atoms with Crippen molar-refractivity contribution in [2.75, 3.05) is 13.1 Å². The molecule has 2 N–H and O–H groups in total. The third-order valence-electron chi connectivity index (χ3n) is 4.42. The lowest BCUT2D eigenvalue weighted by molar-refractivity contribution is 0.257. The average Bonchev–Trinajstić information content (AvgIpc) is 2.48. The van der Waals surface area contributed by atoms with E-state index in [1.54, 1.807) is 16.4 Å². The van der Waals surface area contributed by atoms with Crippen molar-refractivity contribution in [3.05, 3.63) is 29.3 Å². The standard InChI is InChI=1S/C16H26N2O2S/c1-13-8-9-16(12-14(13)2)21(19,20)18(11-10-17)15-6-4-3-5-7-15/h8-9,12,15H,3-7,10-11,17H2,1-2H3. The van der Waals surface area contributed by atoms with Gasteiger partial charge in [0.05, 0.1) is 4.90 Å². The highest BCUT2D eigenvalue weighted by atomic mass is 32.2. The molecule has 0 unspecified atom stereocenters. The topological polar surface area (TPSA) is 63.4 Å². The number of aryl methyl sites for hydroxylation is 2. The summed E-state index contributed by atoms with van der Waals surface area (Å²) in [5, 5.41) is 0. The number of nitrogens with zero attached hydrogens (tertiary/aromatic N) is 1. The van der Waals surface area contributed by atoms with E-state index in [1.807, 2.05) is 19.9 Å². The summed E-state index contributed by atoms with van der Waals surface area (Å²) < 4.78 is 27.5. The monoisotopic (exact) mass is 310 g/mol. The first-order valence-corrected chi connectivity index (χ1v) is 9.20. The molecule has 4 nitrogen and oxygen atoms in total. The van der Waals surface area contributed by atoms with Gasteiger partial charge in [-0.1, -0.05) is 25.3 Å². The Morgan fingerprint density at radius 3 is 2.38 bits per heavy atom. The minimum absolute atomic E-state index is 0.105. The zero-order valence-electron chi connectivity index (χ0n) is 13.0. The lowest BCUT2D eigenvalue weighted by Gasteiger charge is -2.33. The van der Waals surface area contributed by atoms with Crippen LogP contribution < -0.4 is 5.73 Å². The van der Waals surface area contributed by atoms with E-state index in [9.17, 15) is 8.42 Å². The SMILES string of the molecule is Cc1ccc(S(=O)(=O)N(CCN)C2CCCCC2)cc1C. The molecular formula is C16H26N2O2S. The number of nitrogens with two attached hydrogens (primary N) is 1. The number of rotatable bonds is 5. The fourth-order valence-electron chi connectivity index (χ4n) is 3.01. The van der Waals surface area contributed by atoms with Gasteiger partial charge in [0.25, 0.3) is 0 Å². The minimum Gasteiger partial charge on any atom is -0.329 e. The van der Waals surface area contributed by atoms with Gasteiger partial charge in [0.1, 0.15) is 0 Å². The molecular weight excluding hydrogens is 284 g/mol. The van der Waals surface area contributed by atoms with Gasteiger partial charge in [0.2, 0.25) is 10.0 Å². The molecule has 0 radical (unpaired) electrons. The van der Waals surface area contributed by atoms with Crippen molar-refractivity contribution >= 4 is 10.0 Å². The lowest BCUT2D eigenvalue weighted by Crippen LogP contribution is -2.44. The van der Waals surface area contributed by atoms with Crippen molar-refractivity contribution in [1.29, 1.82) is 0 Å². The predicted molar refractivity (Wildman–Crippen MR) is 85.7 cm³/mol. The third kappa shape index (κ3) is 3.65. The van der Waals surface area contributed by atoms with Gasteiger partial charge in [0.15, 0.2) is 0 Å². The lowest BCUT2D eigenvalue weighted by atomic mass is 9.95. The second kappa shape index (κ2) is 6.90. The molecule has 0 atom stereocenters. The summed E-state index contributed by atoms with van der Waals surface area (Å²) in [6.07, 6.45) is 5.31. The van der Waals surface area contributed by atoms with Gasteiger partial charge in [-0.05, 0) is 49.9 Å². The fraction of sp³-hybridized carbons (Fsp3) is 0.625. The molecule has 0 spiro atoms. The van der Waals surface area contributed by atoms with E-state index in [2.05, 4.69) is 0 Å². The molecule has 1 aromatic rings. The first-order valence-electron chi connectivity index (χ1n) is 7.76. The summed E-state index contributed by atoms with van der Waals surface area (Å²) in [6.45, 7) is 4.70. The van der Waals surface area contributed by atoms with Crippen molar-refractivity contribution < 1.29 is 8.42 Å². The van der Waals surface area contributed by atoms with Crippen molar-refractivity contribution in [3.63, 3.8) is 0 Å². The fourth-order valence-corrected chi connectivity index (χ4v) is 4.79. The molecule has 0 saturated heterocycles. The molecule has 1 aliphatic carbocycles. The largest absolute Gasteiger partial charge is 0.329 e. The molecule has 2 rings (SSSR count). The molecule has 118 valence electrons. The van der Waals surface area contributed by atoms with Gasteiger partial charge in [0, 0.05) is 19.1 Å². The van der Waals surface area contributed by atoms with E-state index in [0.717, 1.165) is 36.8 Å².